The second-order valence-electron chi connectivity index (χ2n) is 7.03. The van der Waals surface area contributed by atoms with E-state index in [0.717, 1.165) is 47.1 Å². The van der Waals surface area contributed by atoms with Crippen molar-refractivity contribution in [2.75, 3.05) is 0 Å². The molecule has 0 radical (unpaired) electrons. The zero-order chi connectivity index (χ0) is 17.0. The van der Waals surface area contributed by atoms with Crippen molar-refractivity contribution in [3.05, 3.63) is 33.8 Å². The quantitative estimate of drug-likeness (QED) is 0.790. The van der Waals surface area contributed by atoms with E-state index in [9.17, 15) is 4.79 Å². The van der Waals surface area contributed by atoms with Gasteiger partial charge in [0.05, 0.1) is 28.0 Å². The summed E-state index contributed by atoms with van der Waals surface area (Å²) in [7, 11) is 1.90. The van der Waals surface area contributed by atoms with Crippen LogP contribution in [0, 0.1) is 13.8 Å². The van der Waals surface area contributed by atoms with E-state index in [1.54, 1.807) is 4.68 Å². The van der Waals surface area contributed by atoms with Gasteiger partial charge in [0.15, 0.2) is 0 Å². The molecule has 0 spiro atoms. The maximum absolute atomic E-state index is 13.2. The Hall–Kier alpha value is -1.63. The van der Waals surface area contributed by atoms with Gasteiger partial charge in [-0.2, -0.15) is 10.2 Å². The Bertz CT molecular complexity index is 781. The summed E-state index contributed by atoms with van der Waals surface area (Å²) >= 11 is 3.47. The number of carbonyl (C=O) groups excluding carboxylic acids is 1. The molecule has 0 saturated carbocycles. The van der Waals surface area contributed by atoms with Crippen molar-refractivity contribution in [3.63, 3.8) is 0 Å². The second-order valence-corrected chi connectivity index (χ2v) is 7.95. The Kier molecular flexibility index (Phi) is 3.78. The van der Waals surface area contributed by atoms with E-state index in [-0.39, 0.29) is 5.91 Å². The standard InChI is InChI=1S/C17H22BrN5O/c1-10-16(11(2)21(3)20-10)17(24)23-13-4-5-14(23)7-15(6-13)22-9-12(18)8-19-22/h8-9,13-15H,4-7H2,1-3H3. The number of aromatic nitrogens is 4. The van der Waals surface area contributed by atoms with Crippen LogP contribution in [-0.4, -0.2) is 42.5 Å². The maximum Gasteiger partial charge on any atom is 0.258 e. The van der Waals surface area contributed by atoms with Crippen LogP contribution in [0.15, 0.2) is 16.9 Å². The van der Waals surface area contributed by atoms with Gasteiger partial charge in [-0.1, -0.05) is 0 Å². The van der Waals surface area contributed by atoms with Crippen molar-refractivity contribution in [2.45, 2.75) is 57.7 Å². The molecule has 1 amide bonds. The molecule has 0 aliphatic carbocycles. The fourth-order valence-corrected chi connectivity index (χ4v) is 4.72. The molecule has 2 aromatic rings. The molecule has 6 nitrogen and oxygen atoms in total. The minimum Gasteiger partial charge on any atom is -0.332 e. The zero-order valence-corrected chi connectivity index (χ0v) is 15.8. The van der Waals surface area contributed by atoms with Crippen molar-refractivity contribution >= 4 is 21.8 Å². The second kappa shape index (κ2) is 5.72. The lowest BCUT2D eigenvalue weighted by Gasteiger charge is -2.39. The number of rotatable bonds is 2. The number of piperidine rings is 1. The number of carbonyl (C=O) groups is 1. The van der Waals surface area contributed by atoms with Gasteiger partial charge in [-0.15, -0.1) is 0 Å². The van der Waals surface area contributed by atoms with Gasteiger partial charge in [-0.3, -0.25) is 14.2 Å². The van der Waals surface area contributed by atoms with Crippen LogP contribution in [0.25, 0.3) is 0 Å². The third kappa shape index (κ3) is 2.41. The molecule has 2 bridgehead atoms. The normalized spacial score (nSPS) is 26.2. The van der Waals surface area contributed by atoms with Crippen molar-refractivity contribution in [1.29, 1.82) is 0 Å². The number of halogens is 1. The van der Waals surface area contributed by atoms with Crippen molar-refractivity contribution < 1.29 is 4.79 Å². The van der Waals surface area contributed by atoms with Crippen molar-refractivity contribution in [1.82, 2.24) is 24.5 Å². The molecule has 7 heteroatoms. The third-order valence-electron chi connectivity index (χ3n) is 5.61. The highest BCUT2D eigenvalue weighted by Crippen LogP contribution is 2.42. The predicted molar refractivity (Wildman–Crippen MR) is 93.9 cm³/mol. The van der Waals surface area contributed by atoms with E-state index >= 15 is 0 Å². The van der Waals surface area contributed by atoms with Gasteiger partial charge in [0.25, 0.3) is 5.91 Å². The van der Waals surface area contributed by atoms with Crippen LogP contribution in [0.1, 0.15) is 53.5 Å². The summed E-state index contributed by atoms with van der Waals surface area (Å²) in [6, 6.07) is 1.00. The summed E-state index contributed by atoms with van der Waals surface area (Å²) in [6.07, 6.45) is 8.02. The summed E-state index contributed by atoms with van der Waals surface area (Å²) in [6.45, 7) is 3.90. The molecular weight excluding hydrogens is 370 g/mol. The third-order valence-corrected chi connectivity index (χ3v) is 6.02. The molecule has 2 fully saturated rings. The molecule has 128 valence electrons. The van der Waals surface area contributed by atoms with Crippen molar-refractivity contribution in [3.8, 4) is 0 Å². The number of hydrogen-bond acceptors (Lipinski definition) is 3. The molecule has 2 unspecified atom stereocenters. The Morgan fingerprint density at radius 2 is 1.88 bits per heavy atom. The lowest BCUT2D eigenvalue weighted by atomic mass is 9.96. The van der Waals surface area contributed by atoms with E-state index in [1.165, 1.54) is 0 Å². The molecule has 2 atom stereocenters. The smallest absolute Gasteiger partial charge is 0.258 e. The highest BCUT2D eigenvalue weighted by Gasteiger charge is 2.45. The maximum atomic E-state index is 13.2. The first-order valence-electron chi connectivity index (χ1n) is 8.48. The summed E-state index contributed by atoms with van der Waals surface area (Å²) in [5.74, 6) is 0.158. The minimum atomic E-state index is 0.158. The summed E-state index contributed by atoms with van der Waals surface area (Å²) in [4.78, 5) is 15.3. The van der Waals surface area contributed by atoms with E-state index in [1.807, 2.05) is 33.3 Å². The van der Waals surface area contributed by atoms with Gasteiger partial charge in [-0.05, 0) is 55.5 Å². The van der Waals surface area contributed by atoms with Crippen LogP contribution in [0.2, 0.25) is 0 Å². The monoisotopic (exact) mass is 391 g/mol. The van der Waals surface area contributed by atoms with E-state index in [4.69, 9.17) is 0 Å². The van der Waals surface area contributed by atoms with Crippen LogP contribution < -0.4 is 0 Å². The molecular formula is C17H22BrN5O. The van der Waals surface area contributed by atoms with Crippen LogP contribution in [0.3, 0.4) is 0 Å². The van der Waals surface area contributed by atoms with Gasteiger partial charge in [-0.25, -0.2) is 0 Å². The SMILES string of the molecule is Cc1nn(C)c(C)c1C(=O)N1C2CCC1CC(n1cc(Br)cn1)C2. The molecule has 0 aromatic carbocycles. The summed E-state index contributed by atoms with van der Waals surface area (Å²) in [5.41, 5.74) is 2.57. The summed E-state index contributed by atoms with van der Waals surface area (Å²) < 4.78 is 4.87. The molecule has 4 heterocycles. The number of nitrogens with zero attached hydrogens (tertiary/aromatic N) is 5. The van der Waals surface area contributed by atoms with E-state index in [0.29, 0.717) is 18.1 Å². The fraction of sp³-hybridized carbons (Fsp3) is 0.588. The predicted octanol–water partition coefficient (Wildman–Crippen LogP) is 3.00. The fourth-order valence-electron chi connectivity index (χ4n) is 4.42. The molecule has 2 saturated heterocycles. The van der Waals surface area contributed by atoms with E-state index < -0.39 is 0 Å². The zero-order valence-electron chi connectivity index (χ0n) is 14.2. The average molecular weight is 392 g/mol. The molecule has 0 N–H and O–H groups in total. The topological polar surface area (TPSA) is 56.0 Å². The molecule has 2 aliphatic rings. The van der Waals surface area contributed by atoms with Gasteiger partial charge in [0, 0.05) is 31.0 Å². The minimum absolute atomic E-state index is 0.158. The van der Waals surface area contributed by atoms with Crippen LogP contribution in [0.5, 0.6) is 0 Å². The van der Waals surface area contributed by atoms with Crippen LogP contribution in [0.4, 0.5) is 0 Å². The van der Waals surface area contributed by atoms with Gasteiger partial charge in [0.1, 0.15) is 0 Å². The molecule has 24 heavy (non-hydrogen) atoms. The molecule has 2 aromatic heterocycles. The number of hydrogen-bond donors (Lipinski definition) is 0. The highest BCUT2D eigenvalue weighted by molar-refractivity contribution is 9.10. The Balaban J connectivity index is 1.59. The number of amides is 1. The molecule has 4 rings (SSSR count). The van der Waals surface area contributed by atoms with Crippen molar-refractivity contribution in [2.24, 2.45) is 7.05 Å². The number of aryl methyl sites for hydroxylation is 2. The summed E-state index contributed by atoms with van der Waals surface area (Å²) in [5, 5.41) is 8.86. The molecule has 2 aliphatic heterocycles. The van der Waals surface area contributed by atoms with Crippen LogP contribution >= 0.6 is 15.9 Å². The largest absolute Gasteiger partial charge is 0.332 e. The van der Waals surface area contributed by atoms with Crippen LogP contribution in [-0.2, 0) is 7.05 Å². The van der Waals surface area contributed by atoms with E-state index in [2.05, 4.69) is 35.7 Å². The number of fused-ring (bicyclic) bond motifs is 2. The Labute approximate surface area is 149 Å². The lowest BCUT2D eigenvalue weighted by molar-refractivity contribution is 0.0522. The van der Waals surface area contributed by atoms with Gasteiger partial charge >= 0.3 is 0 Å². The lowest BCUT2D eigenvalue weighted by Crippen LogP contribution is -2.47. The first kappa shape index (κ1) is 15.9. The Morgan fingerprint density at radius 3 is 2.38 bits per heavy atom. The first-order chi connectivity index (χ1) is 11.5. The average Bonchev–Trinajstić information content (AvgIpc) is 3.15. The van der Waals surface area contributed by atoms with Gasteiger partial charge in [0.2, 0.25) is 0 Å². The highest BCUT2D eigenvalue weighted by atomic mass is 79.9. The Morgan fingerprint density at radius 1 is 1.21 bits per heavy atom. The van der Waals surface area contributed by atoms with Gasteiger partial charge < -0.3 is 4.90 Å². The first-order valence-corrected chi connectivity index (χ1v) is 9.27.